The Morgan fingerprint density at radius 3 is 1.56 bits per heavy atom. The van der Waals surface area contributed by atoms with E-state index >= 15 is 0 Å². The van der Waals surface area contributed by atoms with Crippen molar-refractivity contribution in [2.45, 2.75) is 0 Å². The average Bonchev–Trinajstić information content (AvgIpc) is 3.35. The van der Waals surface area contributed by atoms with Crippen LogP contribution in [-0.4, -0.2) is 17.7 Å². The zero-order valence-electron chi connectivity index (χ0n) is 17.5. The molecule has 0 aliphatic carbocycles. The van der Waals surface area contributed by atoms with Crippen LogP contribution in [0.25, 0.3) is 0 Å². The van der Waals surface area contributed by atoms with Crippen LogP contribution in [-0.2, 0) is 0 Å². The van der Waals surface area contributed by atoms with Gasteiger partial charge in [0, 0.05) is 38.2 Å². The highest BCUT2D eigenvalue weighted by Crippen LogP contribution is 2.21. The van der Waals surface area contributed by atoms with Gasteiger partial charge in [0.25, 0.3) is 17.7 Å². The third-order valence-electron chi connectivity index (χ3n) is 4.68. The molecule has 0 atom stereocenters. The predicted octanol–water partition coefficient (Wildman–Crippen LogP) is 6.34. The maximum atomic E-state index is 12.6. The smallest absolute Gasteiger partial charge is 0.291 e. The Hall–Kier alpha value is -4.07. The molecule has 7 nitrogen and oxygen atoms in total. The monoisotopic (exact) mass is 493 g/mol. The molecular weight excluding hydrogens is 477 g/mol. The number of hydrogen-bond acceptors (Lipinski definition) is 4. The second kappa shape index (κ2) is 10.2. The van der Waals surface area contributed by atoms with E-state index in [1.54, 1.807) is 60.7 Å². The van der Waals surface area contributed by atoms with E-state index in [1.807, 2.05) is 0 Å². The van der Waals surface area contributed by atoms with Crippen LogP contribution < -0.4 is 16.0 Å². The average molecular weight is 494 g/mol. The van der Waals surface area contributed by atoms with Gasteiger partial charge in [0.2, 0.25) is 0 Å². The van der Waals surface area contributed by atoms with E-state index in [2.05, 4.69) is 16.0 Å². The first kappa shape index (κ1) is 23.1. The molecule has 0 aliphatic heterocycles. The minimum atomic E-state index is -0.374. The van der Waals surface area contributed by atoms with Gasteiger partial charge in [0.1, 0.15) is 0 Å². The third-order valence-corrected chi connectivity index (χ3v) is 5.11. The van der Waals surface area contributed by atoms with Crippen LogP contribution in [0.1, 0.15) is 31.3 Å². The van der Waals surface area contributed by atoms with E-state index in [1.165, 1.54) is 24.5 Å². The van der Waals surface area contributed by atoms with Gasteiger partial charge in [-0.15, -0.1) is 0 Å². The molecule has 4 rings (SSSR count). The van der Waals surface area contributed by atoms with Crippen molar-refractivity contribution in [3.63, 3.8) is 0 Å². The summed E-state index contributed by atoms with van der Waals surface area (Å²) < 4.78 is 5.05. The van der Waals surface area contributed by atoms with Gasteiger partial charge >= 0.3 is 0 Å². The number of benzene rings is 3. The highest BCUT2D eigenvalue weighted by molar-refractivity contribution is 6.35. The Bertz CT molecular complexity index is 1320. The molecule has 0 aliphatic rings. The van der Waals surface area contributed by atoms with Gasteiger partial charge in [-0.05, 0) is 78.9 Å². The third kappa shape index (κ3) is 5.83. The van der Waals surface area contributed by atoms with Crippen molar-refractivity contribution >= 4 is 58.0 Å². The van der Waals surface area contributed by atoms with E-state index in [9.17, 15) is 14.4 Å². The fraction of sp³-hybridized carbons (Fsp3) is 0. The summed E-state index contributed by atoms with van der Waals surface area (Å²) in [5.74, 6) is -0.867. The lowest BCUT2D eigenvalue weighted by Gasteiger charge is -2.09. The Balaban J connectivity index is 1.34. The maximum Gasteiger partial charge on any atom is 0.291 e. The predicted molar refractivity (Wildman–Crippen MR) is 132 cm³/mol. The molecule has 3 amide bonds. The SMILES string of the molecule is O=C(Nc1ccc(NC(=O)c2ccco2)cc1)c1ccc(NC(=O)c2cc(Cl)cc(Cl)c2)cc1. The number of carbonyl (C=O) groups excluding carboxylic acids is 3. The van der Waals surface area contributed by atoms with Crippen LogP contribution in [0.3, 0.4) is 0 Å². The van der Waals surface area contributed by atoms with Crippen molar-refractivity contribution in [2.75, 3.05) is 16.0 Å². The number of amides is 3. The van der Waals surface area contributed by atoms with E-state index in [4.69, 9.17) is 27.6 Å². The number of hydrogen-bond donors (Lipinski definition) is 3. The van der Waals surface area contributed by atoms with Crippen LogP contribution in [0, 0.1) is 0 Å². The largest absolute Gasteiger partial charge is 0.459 e. The summed E-state index contributed by atoms with van der Waals surface area (Å²) in [6.45, 7) is 0. The molecule has 0 radical (unpaired) electrons. The van der Waals surface area contributed by atoms with Crippen molar-refractivity contribution < 1.29 is 18.8 Å². The van der Waals surface area contributed by atoms with Crippen LogP contribution in [0.2, 0.25) is 10.0 Å². The van der Waals surface area contributed by atoms with E-state index in [0.717, 1.165) is 0 Å². The molecule has 0 fully saturated rings. The van der Waals surface area contributed by atoms with Gasteiger partial charge in [-0.2, -0.15) is 0 Å². The normalized spacial score (nSPS) is 10.4. The van der Waals surface area contributed by atoms with Gasteiger partial charge in [-0.3, -0.25) is 14.4 Å². The zero-order valence-corrected chi connectivity index (χ0v) is 19.0. The quantitative estimate of drug-likeness (QED) is 0.291. The van der Waals surface area contributed by atoms with Crippen molar-refractivity contribution in [3.8, 4) is 0 Å². The zero-order chi connectivity index (χ0) is 24.1. The van der Waals surface area contributed by atoms with Crippen LogP contribution in [0.15, 0.2) is 89.5 Å². The molecule has 0 saturated heterocycles. The molecule has 170 valence electrons. The molecule has 3 N–H and O–H groups in total. The number of anilines is 3. The fourth-order valence-corrected chi connectivity index (χ4v) is 3.56. The summed E-state index contributed by atoms with van der Waals surface area (Å²) in [5.41, 5.74) is 2.34. The Morgan fingerprint density at radius 2 is 1.06 bits per heavy atom. The molecule has 1 heterocycles. The first-order valence-corrected chi connectivity index (χ1v) is 10.8. The maximum absolute atomic E-state index is 12.6. The first-order valence-electron chi connectivity index (χ1n) is 10.0. The molecule has 0 unspecified atom stereocenters. The number of halogens is 2. The number of rotatable bonds is 6. The fourth-order valence-electron chi connectivity index (χ4n) is 3.03. The number of nitrogens with one attached hydrogen (secondary N) is 3. The van der Waals surface area contributed by atoms with Crippen LogP contribution >= 0.6 is 23.2 Å². The molecule has 1 aromatic heterocycles. The molecule has 0 spiro atoms. The topological polar surface area (TPSA) is 100 Å². The molecular formula is C25H17Cl2N3O4. The molecule has 0 saturated carbocycles. The lowest BCUT2D eigenvalue weighted by Crippen LogP contribution is -2.14. The van der Waals surface area contributed by atoms with Gasteiger partial charge < -0.3 is 20.4 Å². The highest BCUT2D eigenvalue weighted by Gasteiger charge is 2.11. The van der Waals surface area contributed by atoms with Crippen molar-refractivity contribution in [2.24, 2.45) is 0 Å². The highest BCUT2D eigenvalue weighted by atomic mass is 35.5. The van der Waals surface area contributed by atoms with Crippen molar-refractivity contribution in [1.29, 1.82) is 0 Å². The Morgan fingerprint density at radius 1 is 0.588 bits per heavy atom. The van der Waals surface area contributed by atoms with Crippen molar-refractivity contribution in [3.05, 3.63) is 112 Å². The number of furan rings is 1. The molecule has 9 heteroatoms. The van der Waals surface area contributed by atoms with Crippen LogP contribution in [0.4, 0.5) is 17.1 Å². The lowest BCUT2D eigenvalue weighted by molar-refractivity contribution is 0.0993. The standard InChI is InChI=1S/C25H17Cl2N3O4/c26-17-12-16(13-18(27)14-17)24(32)29-19-5-3-15(4-6-19)23(31)28-20-7-9-21(10-8-20)30-25(33)22-2-1-11-34-22/h1-14H,(H,28,31)(H,29,32)(H,30,33). The minimum absolute atomic E-state index is 0.202. The van der Waals surface area contributed by atoms with Gasteiger partial charge in [-0.1, -0.05) is 23.2 Å². The molecule has 3 aromatic carbocycles. The van der Waals surface area contributed by atoms with Crippen molar-refractivity contribution in [1.82, 2.24) is 0 Å². The molecule has 0 bridgehead atoms. The first-order chi connectivity index (χ1) is 16.4. The summed E-state index contributed by atoms with van der Waals surface area (Å²) >= 11 is 11.9. The second-order valence-electron chi connectivity index (χ2n) is 7.15. The summed E-state index contributed by atoms with van der Waals surface area (Å²) in [6, 6.07) is 20.8. The van der Waals surface area contributed by atoms with Crippen LogP contribution in [0.5, 0.6) is 0 Å². The van der Waals surface area contributed by atoms with Gasteiger partial charge in [0.15, 0.2) is 5.76 Å². The number of carbonyl (C=O) groups is 3. The minimum Gasteiger partial charge on any atom is -0.459 e. The lowest BCUT2D eigenvalue weighted by atomic mass is 10.1. The van der Waals surface area contributed by atoms with E-state index < -0.39 is 0 Å². The van der Waals surface area contributed by atoms with E-state index in [-0.39, 0.29) is 23.5 Å². The van der Waals surface area contributed by atoms with E-state index in [0.29, 0.717) is 38.2 Å². The summed E-state index contributed by atoms with van der Waals surface area (Å²) in [4.78, 5) is 37.0. The van der Waals surface area contributed by atoms with Gasteiger partial charge in [0.05, 0.1) is 6.26 Å². The Kier molecular flexibility index (Phi) is 6.96. The Labute approximate surface area is 204 Å². The van der Waals surface area contributed by atoms with Gasteiger partial charge in [-0.25, -0.2) is 0 Å². The summed E-state index contributed by atoms with van der Waals surface area (Å²) in [6.07, 6.45) is 1.42. The summed E-state index contributed by atoms with van der Waals surface area (Å²) in [7, 11) is 0. The molecule has 34 heavy (non-hydrogen) atoms. The second-order valence-corrected chi connectivity index (χ2v) is 8.03. The summed E-state index contributed by atoms with van der Waals surface area (Å²) in [5, 5.41) is 8.93. The molecule has 4 aromatic rings.